The average molecular weight is 380 g/mol. The van der Waals surface area contributed by atoms with Crippen molar-refractivity contribution in [1.29, 1.82) is 0 Å². The molecule has 0 radical (unpaired) electrons. The fourth-order valence-corrected chi connectivity index (χ4v) is 5.30. The van der Waals surface area contributed by atoms with Crippen LogP contribution in [-0.2, 0) is 11.2 Å². The second-order valence-electron chi connectivity index (χ2n) is 8.29. The predicted octanol–water partition coefficient (Wildman–Crippen LogP) is 1.95. The highest BCUT2D eigenvalue weighted by atomic mass is 16.2. The lowest BCUT2D eigenvalue weighted by Crippen LogP contribution is -2.49. The number of hydrazine groups is 1. The Balaban J connectivity index is 1.44. The molecule has 1 saturated carbocycles. The highest BCUT2D eigenvalue weighted by Gasteiger charge is 2.43. The van der Waals surface area contributed by atoms with Gasteiger partial charge in [-0.15, -0.1) is 0 Å². The molecule has 5 rings (SSSR count). The van der Waals surface area contributed by atoms with Crippen molar-refractivity contribution in [2.75, 3.05) is 13.1 Å². The molecule has 1 saturated heterocycles. The summed E-state index contributed by atoms with van der Waals surface area (Å²) in [6.07, 6.45) is 12.5. The Kier molecular flexibility index (Phi) is 4.86. The monoisotopic (exact) mass is 380 g/mol. The van der Waals surface area contributed by atoms with E-state index in [-0.39, 0.29) is 23.9 Å². The fourth-order valence-electron chi connectivity index (χ4n) is 5.30. The van der Waals surface area contributed by atoms with Gasteiger partial charge in [0.15, 0.2) is 0 Å². The van der Waals surface area contributed by atoms with Gasteiger partial charge in [0.2, 0.25) is 5.91 Å². The van der Waals surface area contributed by atoms with Crippen LogP contribution in [0, 0.1) is 11.8 Å². The second kappa shape index (κ2) is 7.64. The molecule has 4 heterocycles. The first kappa shape index (κ1) is 17.8. The summed E-state index contributed by atoms with van der Waals surface area (Å²) in [6, 6.07) is 4.04. The maximum absolute atomic E-state index is 13.8. The average Bonchev–Trinajstić information content (AvgIpc) is 3.43. The maximum atomic E-state index is 13.8. The third-order valence-corrected chi connectivity index (χ3v) is 6.71. The molecule has 2 aliphatic heterocycles. The number of carbonyl (C=O) groups excluding carboxylic acids is 1. The number of carbonyl (C=O) groups is 1. The Morgan fingerprint density at radius 3 is 2.93 bits per heavy atom. The van der Waals surface area contributed by atoms with Crippen molar-refractivity contribution in [3.63, 3.8) is 0 Å². The van der Waals surface area contributed by atoms with E-state index in [1.807, 2.05) is 23.2 Å². The standard InChI is InChI=1S/C21H28N6O/c28-21(16-12-25-26-18(16)14-5-2-1-3-6-14)27-10-8-17-19(24-13-23-17)20(27)15-7-4-9-22-11-15/h4,7,9,11,13-14,16,18,20,25-26H,1-3,5-6,8,10,12H2,(H,23,24). The van der Waals surface area contributed by atoms with Crippen LogP contribution in [0.4, 0.5) is 0 Å². The molecule has 0 aromatic carbocycles. The number of aromatic amines is 1. The summed E-state index contributed by atoms with van der Waals surface area (Å²) in [5, 5.41) is 0. The van der Waals surface area contributed by atoms with Crippen LogP contribution in [0.2, 0.25) is 0 Å². The minimum Gasteiger partial charge on any atom is -0.348 e. The molecule has 28 heavy (non-hydrogen) atoms. The quantitative estimate of drug-likeness (QED) is 0.758. The number of rotatable bonds is 3. The molecule has 3 atom stereocenters. The van der Waals surface area contributed by atoms with E-state index >= 15 is 0 Å². The molecule has 7 nitrogen and oxygen atoms in total. The van der Waals surface area contributed by atoms with E-state index in [2.05, 4.69) is 25.8 Å². The highest BCUT2D eigenvalue weighted by Crippen LogP contribution is 2.36. The van der Waals surface area contributed by atoms with E-state index < -0.39 is 0 Å². The van der Waals surface area contributed by atoms with Gasteiger partial charge in [-0.2, -0.15) is 0 Å². The van der Waals surface area contributed by atoms with Gasteiger partial charge in [0.25, 0.3) is 0 Å². The molecule has 3 aliphatic rings. The van der Waals surface area contributed by atoms with Crippen molar-refractivity contribution < 1.29 is 4.79 Å². The largest absolute Gasteiger partial charge is 0.348 e. The van der Waals surface area contributed by atoms with Crippen LogP contribution in [0.3, 0.4) is 0 Å². The predicted molar refractivity (Wildman–Crippen MR) is 105 cm³/mol. The minimum atomic E-state index is -0.163. The number of nitrogens with one attached hydrogen (secondary N) is 3. The third kappa shape index (κ3) is 3.12. The summed E-state index contributed by atoms with van der Waals surface area (Å²) in [4.78, 5) is 27.9. The van der Waals surface area contributed by atoms with Crippen molar-refractivity contribution in [3.8, 4) is 0 Å². The van der Waals surface area contributed by atoms with Crippen molar-refractivity contribution in [3.05, 3.63) is 47.8 Å². The minimum absolute atomic E-state index is 0.0252. The normalized spacial score (nSPS) is 28.3. The van der Waals surface area contributed by atoms with Crippen molar-refractivity contribution in [1.82, 2.24) is 30.7 Å². The number of hydrogen-bond acceptors (Lipinski definition) is 5. The number of fused-ring (bicyclic) bond motifs is 1. The highest BCUT2D eigenvalue weighted by molar-refractivity contribution is 5.81. The lowest BCUT2D eigenvalue weighted by atomic mass is 9.79. The maximum Gasteiger partial charge on any atom is 0.229 e. The van der Waals surface area contributed by atoms with E-state index in [1.54, 1.807) is 12.5 Å². The zero-order valence-electron chi connectivity index (χ0n) is 16.1. The molecule has 0 spiro atoms. The first-order valence-electron chi connectivity index (χ1n) is 10.5. The van der Waals surface area contributed by atoms with Gasteiger partial charge in [-0.3, -0.25) is 20.6 Å². The van der Waals surface area contributed by atoms with Crippen LogP contribution < -0.4 is 10.9 Å². The first-order valence-corrected chi connectivity index (χ1v) is 10.5. The molecule has 1 amide bonds. The molecule has 2 aromatic heterocycles. The molecule has 3 unspecified atom stereocenters. The molecule has 3 N–H and O–H groups in total. The Labute approximate surface area is 165 Å². The molecule has 0 bridgehead atoms. The molecule has 7 heteroatoms. The van der Waals surface area contributed by atoms with Crippen molar-refractivity contribution in [2.24, 2.45) is 11.8 Å². The van der Waals surface area contributed by atoms with Gasteiger partial charge < -0.3 is 9.88 Å². The smallest absolute Gasteiger partial charge is 0.229 e. The Morgan fingerprint density at radius 2 is 2.11 bits per heavy atom. The lowest BCUT2D eigenvalue weighted by Gasteiger charge is -2.38. The van der Waals surface area contributed by atoms with Crippen LogP contribution in [0.1, 0.15) is 55.1 Å². The molecule has 2 aromatic rings. The summed E-state index contributed by atoms with van der Waals surface area (Å²) in [5.41, 5.74) is 9.82. The zero-order valence-corrected chi connectivity index (χ0v) is 16.1. The number of pyridine rings is 1. The van der Waals surface area contributed by atoms with Gasteiger partial charge in [0, 0.05) is 43.6 Å². The molecule has 1 aliphatic carbocycles. The summed E-state index contributed by atoms with van der Waals surface area (Å²) in [5.74, 6) is 0.790. The van der Waals surface area contributed by atoms with Crippen LogP contribution in [0.25, 0.3) is 0 Å². The number of hydrogen-bond donors (Lipinski definition) is 3. The molecular weight excluding hydrogens is 352 g/mol. The second-order valence-corrected chi connectivity index (χ2v) is 8.29. The van der Waals surface area contributed by atoms with E-state index in [4.69, 9.17) is 0 Å². The van der Waals surface area contributed by atoms with Crippen LogP contribution >= 0.6 is 0 Å². The SMILES string of the molecule is O=C(C1CNNC1C1CCCCC1)N1CCc2[nH]cnc2C1c1cccnc1. The Bertz CT molecular complexity index is 815. The lowest BCUT2D eigenvalue weighted by molar-refractivity contribution is -0.138. The summed E-state index contributed by atoms with van der Waals surface area (Å²) >= 11 is 0. The Hall–Kier alpha value is -2.25. The molecular formula is C21H28N6O. The van der Waals surface area contributed by atoms with Gasteiger partial charge in [-0.05, 0) is 30.4 Å². The van der Waals surface area contributed by atoms with E-state index in [0.717, 1.165) is 23.4 Å². The molecule has 148 valence electrons. The van der Waals surface area contributed by atoms with Crippen LogP contribution in [0.5, 0.6) is 0 Å². The van der Waals surface area contributed by atoms with Crippen molar-refractivity contribution >= 4 is 5.91 Å². The van der Waals surface area contributed by atoms with Gasteiger partial charge >= 0.3 is 0 Å². The number of imidazole rings is 1. The first-order chi connectivity index (χ1) is 13.8. The van der Waals surface area contributed by atoms with Gasteiger partial charge in [0.1, 0.15) is 6.04 Å². The van der Waals surface area contributed by atoms with Gasteiger partial charge in [0.05, 0.1) is 17.9 Å². The summed E-state index contributed by atoms with van der Waals surface area (Å²) < 4.78 is 0. The zero-order chi connectivity index (χ0) is 18.9. The molecule has 2 fully saturated rings. The van der Waals surface area contributed by atoms with Crippen LogP contribution in [-0.4, -0.2) is 44.9 Å². The number of H-pyrrole nitrogens is 1. The number of amides is 1. The summed E-state index contributed by atoms with van der Waals surface area (Å²) in [6.45, 7) is 1.41. The topological polar surface area (TPSA) is 85.9 Å². The summed E-state index contributed by atoms with van der Waals surface area (Å²) in [7, 11) is 0. The van der Waals surface area contributed by atoms with E-state index in [1.165, 1.54) is 32.1 Å². The van der Waals surface area contributed by atoms with E-state index in [9.17, 15) is 4.79 Å². The van der Waals surface area contributed by atoms with Crippen LogP contribution in [0.15, 0.2) is 30.9 Å². The van der Waals surface area contributed by atoms with Gasteiger partial charge in [-0.25, -0.2) is 4.98 Å². The third-order valence-electron chi connectivity index (χ3n) is 6.71. The number of aromatic nitrogens is 3. The van der Waals surface area contributed by atoms with Gasteiger partial charge in [-0.1, -0.05) is 25.3 Å². The van der Waals surface area contributed by atoms with Crippen molar-refractivity contribution in [2.45, 2.75) is 50.6 Å². The van der Waals surface area contributed by atoms with E-state index in [0.29, 0.717) is 19.0 Å². The number of nitrogens with zero attached hydrogens (tertiary/aromatic N) is 3. The Morgan fingerprint density at radius 1 is 1.21 bits per heavy atom. The fraction of sp³-hybridized carbons (Fsp3) is 0.571.